The van der Waals surface area contributed by atoms with Crippen LogP contribution in [-0.4, -0.2) is 88.4 Å². The third-order valence-electron chi connectivity index (χ3n) is 8.89. The fourth-order valence-electron chi connectivity index (χ4n) is 6.12. The first-order valence-corrected chi connectivity index (χ1v) is 16.6. The monoisotopic (exact) mass is 645 g/mol. The lowest BCUT2D eigenvalue weighted by molar-refractivity contribution is -0.142. The van der Waals surface area contributed by atoms with E-state index in [2.05, 4.69) is 9.97 Å². The number of aryl methyl sites for hydroxylation is 1. The molecule has 0 N–H and O–H groups in total. The Morgan fingerprint density at radius 3 is 2.22 bits per heavy atom. The molecule has 2 aliphatic heterocycles. The highest BCUT2D eigenvalue weighted by atomic mass is 32.2. The number of hydrogen-bond acceptors (Lipinski definition) is 9. The number of benzene rings is 1. The second kappa shape index (κ2) is 12.1. The molecule has 4 heterocycles. The van der Waals surface area contributed by atoms with Gasteiger partial charge in [0.25, 0.3) is 0 Å². The van der Waals surface area contributed by atoms with E-state index < -0.39 is 38.6 Å². The lowest BCUT2D eigenvalue weighted by Gasteiger charge is -2.50. The van der Waals surface area contributed by atoms with Crippen LogP contribution in [0, 0.1) is 11.3 Å². The predicted octanol–water partition coefficient (Wildman–Crippen LogP) is 2.89. The molecule has 3 atom stereocenters. The van der Waals surface area contributed by atoms with Crippen molar-refractivity contribution in [1.82, 2.24) is 24.3 Å². The summed E-state index contributed by atoms with van der Waals surface area (Å²) in [5, 5.41) is 8.80. The maximum atomic E-state index is 14.1. The van der Waals surface area contributed by atoms with Crippen molar-refractivity contribution in [3.05, 3.63) is 63.7 Å². The van der Waals surface area contributed by atoms with Crippen LogP contribution in [0.1, 0.15) is 49.6 Å². The summed E-state index contributed by atoms with van der Waals surface area (Å²) in [6.07, 6.45) is -2.32. The van der Waals surface area contributed by atoms with Gasteiger partial charge in [0.15, 0.2) is 15.7 Å². The molecule has 0 spiro atoms. The smallest absolute Gasteiger partial charge is 0.349 e. The van der Waals surface area contributed by atoms with Crippen LogP contribution in [0.15, 0.2) is 41.2 Å². The summed E-state index contributed by atoms with van der Waals surface area (Å²) in [7, 11) is -1.79. The van der Waals surface area contributed by atoms with Gasteiger partial charge in [-0.3, -0.25) is 14.3 Å². The molecule has 15 heteroatoms. The van der Waals surface area contributed by atoms with E-state index >= 15 is 0 Å². The first kappa shape index (κ1) is 32.4. The second-order valence-electron chi connectivity index (χ2n) is 11.6. The highest BCUT2D eigenvalue weighted by molar-refractivity contribution is 7.91. The summed E-state index contributed by atoms with van der Waals surface area (Å²) >= 11 is 0. The number of sulfone groups is 1. The largest absolute Gasteiger partial charge is 0.416 e. The van der Waals surface area contributed by atoms with Crippen molar-refractivity contribution in [3.63, 3.8) is 0 Å². The van der Waals surface area contributed by atoms with E-state index in [1.54, 1.807) is 13.1 Å². The minimum Gasteiger partial charge on any atom is -0.349 e. The maximum Gasteiger partial charge on any atom is 0.416 e. The van der Waals surface area contributed by atoms with Crippen molar-refractivity contribution in [1.29, 1.82) is 5.26 Å². The standard InChI is InChI=1S/C30H34F3N7O4S/c1-5-21-15-40(27-25-24(37(3)29(42)36-27)12-11-20(13-34)35-25)22(6-2)14-39(21)26(18-7-9-19(10-8-18)30(31,32)33)28(41)38-16-23(17-38)45(4,43)44/h7-12,21-23,26H,5-6,14-17H2,1-4H3/t21-,22+,26?/m1/s1. The van der Waals surface area contributed by atoms with Crippen LogP contribution >= 0.6 is 0 Å². The molecule has 3 aromatic rings. The molecule has 0 bridgehead atoms. The quantitative estimate of drug-likeness (QED) is 0.381. The Morgan fingerprint density at radius 1 is 1.02 bits per heavy atom. The number of nitrogens with zero attached hydrogens (tertiary/aromatic N) is 7. The molecule has 2 aliphatic rings. The number of fused-ring (bicyclic) bond motifs is 1. The summed E-state index contributed by atoms with van der Waals surface area (Å²) in [6, 6.07) is 8.16. The molecular weight excluding hydrogens is 611 g/mol. The zero-order valence-corrected chi connectivity index (χ0v) is 26.1. The number of anilines is 1. The Labute approximate surface area is 258 Å². The van der Waals surface area contributed by atoms with Crippen molar-refractivity contribution in [2.24, 2.45) is 7.05 Å². The van der Waals surface area contributed by atoms with Crippen LogP contribution in [0.2, 0.25) is 0 Å². The Morgan fingerprint density at radius 2 is 1.67 bits per heavy atom. The van der Waals surface area contributed by atoms with Crippen molar-refractivity contribution in [2.45, 2.75) is 56.2 Å². The van der Waals surface area contributed by atoms with Crippen molar-refractivity contribution >= 4 is 32.6 Å². The molecule has 2 saturated heterocycles. The third kappa shape index (κ3) is 6.13. The van der Waals surface area contributed by atoms with Gasteiger partial charge >= 0.3 is 11.9 Å². The Balaban J connectivity index is 1.56. The van der Waals surface area contributed by atoms with Crippen LogP contribution in [0.25, 0.3) is 11.0 Å². The SMILES string of the molecule is CC[C@H]1CN(C(C(=O)N2CC(S(C)(=O)=O)C2)c2ccc(C(F)(F)F)cc2)[C@H](CC)CN1c1nc(=O)n(C)c2ccc(C#N)nc12. The molecule has 11 nitrogen and oxygen atoms in total. The van der Waals surface area contributed by atoms with Crippen molar-refractivity contribution in [2.75, 3.05) is 37.3 Å². The number of nitriles is 1. The topological polar surface area (TPSA) is 132 Å². The summed E-state index contributed by atoms with van der Waals surface area (Å²) < 4.78 is 65.7. The van der Waals surface area contributed by atoms with Crippen molar-refractivity contribution < 1.29 is 26.4 Å². The van der Waals surface area contributed by atoms with Gasteiger partial charge in [0, 0.05) is 51.6 Å². The van der Waals surface area contributed by atoms with E-state index in [9.17, 15) is 36.4 Å². The number of carbonyl (C=O) groups is 1. The number of alkyl halides is 3. The van der Waals surface area contributed by atoms with E-state index in [-0.39, 0.29) is 36.8 Å². The average molecular weight is 646 g/mol. The molecule has 0 aliphatic carbocycles. The number of pyridine rings is 1. The Kier molecular flexibility index (Phi) is 8.67. The molecule has 1 aromatic carbocycles. The summed E-state index contributed by atoms with van der Waals surface area (Å²) in [5.74, 6) is -0.0554. The van der Waals surface area contributed by atoms with Gasteiger partial charge in [-0.15, -0.1) is 0 Å². The van der Waals surface area contributed by atoms with Crippen LogP contribution in [0.4, 0.5) is 19.0 Å². The maximum absolute atomic E-state index is 14.1. The van der Waals surface area contributed by atoms with E-state index in [1.807, 2.05) is 29.7 Å². The number of hydrogen-bond donors (Lipinski definition) is 0. The van der Waals surface area contributed by atoms with E-state index in [1.165, 1.54) is 27.7 Å². The molecule has 0 radical (unpaired) electrons. The van der Waals surface area contributed by atoms with Crippen LogP contribution < -0.4 is 10.6 Å². The highest BCUT2D eigenvalue weighted by Gasteiger charge is 2.46. The van der Waals surface area contributed by atoms with Crippen LogP contribution in [-0.2, 0) is 27.9 Å². The molecule has 2 aromatic heterocycles. The Hall–Kier alpha value is -4.03. The number of halogens is 3. The van der Waals surface area contributed by atoms with E-state index in [4.69, 9.17) is 0 Å². The van der Waals surface area contributed by atoms with Gasteiger partial charge in [-0.25, -0.2) is 18.2 Å². The molecule has 5 rings (SSSR count). The molecule has 1 amide bonds. The second-order valence-corrected chi connectivity index (χ2v) is 14.0. The predicted molar refractivity (Wildman–Crippen MR) is 161 cm³/mol. The van der Waals surface area contributed by atoms with Gasteiger partial charge in [0.2, 0.25) is 5.91 Å². The van der Waals surface area contributed by atoms with Gasteiger partial charge in [-0.2, -0.15) is 23.4 Å². The first-order chi connectivity index (χ1) is 21.2. The zero-order chi connectivity index (χ0) is 32.8. The minimum absolute atomic E-state index is 0.0128. The molecule has 45 heavy (non-hydrogen) atoms. The van der Waals surface area contributed by atoms with Gasteiger partial charge in [0.05, 0.1) is 16.3 Å². The number of amides is 1. The number of carbonyl (C=O) groups excluding carboxylic acids is 1. The lowest BCUT2D eigenvalue weighted by atomic mass is 9.94. The molecular formula is C30H34F3N7O4S. The zero-order valence-electron chi connectivity index (χ0n) is 25.3. The summed E-state index contributed by atoms with van der Waals surface area (Å²) in [4.78, 5) is 41.2. The lowest BCUT2D eigenvalue weighted by Crippen LogP contribution is -2.64. The molecule has 2 fully saturated rings. The normalized spacial score (nSPS) is 20.6. The fraction of sp³-hybridized carbons (Fsp3) is 0.500. The van der Waals surface area contributed by atoms with Crippen LogP contribution in [0.3, 0.4) is 0 Å². The third-order valence-corrected chi connectivity index (χ3v) is 10.4. The van der Waals surface area contributed by atoms with Gasteiger partial charge < -0.3 is 9.80 Å². The number of piperazine rings is 1. The first-order valence-electron chi connectivity index (χ1n) is 14.6. The molecule has 240 valence electrons. The van der Waals surface area contributed by atoms with Gasteiger partial charge in [-0.1, -0.05) is 26.0 Å². The number of rotatable bonds is 7. The van der Waals surface area contributed by atoms with Gasteiger partial charge in [0.1, 0.15) is 23.3 Å². The van der Waals surface area contributed by atoms with E-state index in [0.29, 0.717) is 48.3 Å². The molecule has 1 unspecified atom stereocenters. The Bertz CT molecular complexity index is 1820. The number of likely N-dealkylation sites (tertiary alicyclic amines) is 1. The molecule has 0 saturated carbocycles. The summed E-state index contributed by atoms with van der Waals surface area (Å²) in [6.45, 7) is 4.52. The minimum atomic E-state index is -4.55. The number of aromatic nitrogens is 3. The highest BCUT2D eigenvalue weighted by Crippen LogP contribution is 2.37. The summed E-state index contributed by atoms with van der Waals surface area (Å²) in [5.41, 5.74) is 0.0962. The fourth-order valence-corrected chi connectivity index (χ4v) is 7.03. The average Bonchev–Trinajstić information content (AvgIpc) is 2.97. The van der Waals surface area contributed by atoms with Gasteiger partial charge in [-0.05, 0) is 42.7 Å². The van der Waals surface area contributed by atoms with Crippen LogP contribution in [0.5, 0.6) is 0 Å². The van der Waals surface area contributed by atoms with Crippen molar-refractivity contribution in [3.8, 4) is 6.07 Å². The van der Waals surface area contributed by atoms with E-state index in [0.717, 1.165) is 18.4 Å².